The first-order valence-electron chi connectivity index (χ1n) is 7.10. The summed E-state index contributed by atoms with van der Waals surface area (Å²) in [4.78, 5) is 0. The van der Waals surface area contributed by atoms with Crippen LogP contribution in [0.2, 0.25) is 0 Å². The number of nitrogens with zero attached hydrogens (tertiary/aromatic N) is 1. The molecule has 2 nitrogen and oxygen atoms in total. The first-order chi connectivity index (χ1) is 10.1. The molecule has 0 atom stereocenters. The van der Waals surface area contributed by atoms with Crippen LogP contribution < -0.4 is 5.32 Å². The van der Waals surface area contributed by atoms with Crippen molar-refractivity contribution in [2.45, 2.75) is 26.8 Å². The monoisotopic (exact) mass is 342 g/mol. The second-order valence-electron chi connectivity index (χ2n) is 5.57. The second-order valence-corrected chi connectivity index (χ2v) is 6.43. The fourth-order valence-corrected chi connectivity index (χ4v) is 2.71. The minimum absolute atomic E-state index is 0.658. The van der Waals surface area contributed by atoms with Crippen LogP contribution in [-0.2, 0) is 13.0 Å². The van der Waals surface area contributed by atoms with Gasteiger partial charge in [-0.3, -0.25) is 0 Å². The van der Waals surface area contributed by atoms with E-state index in [4.69, 9.17) is 5.26 Å². The summed E-state index contributed by atoms with van der Waals surface area (Å²) in [5.41, 5.74) is 4.29. The van der Waals surface area contributed by atoms with E-state index in [2.05, 4.69) is 65.4 Å². The molecule has 0 saturated heterocycles. The highest BCUT2D eigenvalue weighted by Crippen LogP contribution is 2.24. The number of benzene rings is 2. The van der Waals surface area contributed by atoms with Crippen molar-refractivity contribution in [3.05, 3.63) is 63.6 Å². The third-order valence-electron chi connectivity index (χ3n) is 3.25. The van der Waals surface area contributed by atoms with Gasteiger partial charge in [0.15, 0.2) is 0 Å². The Hall–Kier alpha value is -1.79. The Bertz CT molecular complexity index is 639. The lowest BCUT2D eigenvalue weighted by molar-refractivity contribution is 0.647. The number of rotatable bonds is 5. The summed E-state index contributed by atoms with van der Waals surface area (Å²) in [6.45, 7) is 5.24. The van der Waals surface area contributed by atoms with Crippen LogP contribution in [0, 0.1) is 17.2 Å². The van der Waals surface area contributed by atoms with E-state index < -0.39 is 0 Å². The number of nitriles is 1. The van der Waals surface area contributed by atoms with Gasteiger partial charge < -0.3 is 5.32 Å². The van der Waals surface area contributed by atoms with Crippen molar-refractivity contribution in [3.63, 3.8) is 0 Å². The van der Waals surface area contributed by atoms with E-state index in [1.165, 1.54) is 11.1 Å². The maximum absolute atomic E-state index is 8.86. The van der Waals surface area contributed by atoms with E-state index in [-0.39, 0.29) is 0 Å². The lowest BCUT2D eigenvalue weighted by atomic mass is 10.0. The van der Waals surface area contributed by atoms with Crippen molar-refractivity contribution in [3.8, 4) is 6.07 Å². The van der Waals surface area contributed by atoms with Crippen molar-refractivity contribution in [2.75, 3.05) is 5.32 Å². The topological polar surface area (TPSA) is 35.8 Å². The SMILES string of the molecule is CC(C)Cc1ccc(CNc2ccc(C#N)cc2Br)cc1. The van der Waals surface area contributed by atoms with Gasteiger partial charge in [-0.1, -0.05) is 38.1 Å². The lowest BCUT2D eigenvalue weighted by Crippen LogP contribution is -2.01. The Morgan fingerprint density at radius 1 is 1.10 bits per heavy atom. The number of halogens is 1. The number of nitrogens with one attached hydrogen (secondary N) is 1. The van der Waals surface area contributed by atoms with Crippen molar-refractivity contribution in [2.24, 2.45) is 5.92 Å². The predicted molar refractivity (Wildman–Crippen MR) is 91.2 cm³/mol. The van der Waals surface area contributed by atoms with E-state index >= 15 is 0 Å². The van der Waals surface area contributed by atoms with Gasteiger partial charge in [0.05, 0.1) is 11.6 Å². The van der Waals surface area contributed by atoms with Crippen LogP contribution in [0.3, 0.4) is 0 Å². The molecule has 2 aromatic rings. The summed E-state index contributed by atoms with van der Waals surface area (Å²) >= 11 is 3.49. The molecular formula is C18H19BrN2. The van der Waals surface area contributed by atoms with Gasteiger partial charge in [-0.05, 0) is 57.6 Å². The highest BCUT2D eigenvalue weighted by molar-refractivity contribution is 9.10. The van der Waals surface area contributed by atoms with E-state index in [0.29, 0.717) is 11.5 Å². The van der Waals surface area contributed by atoms with E-state index in [0.717, 1.165) is 23.1 Å². The zero-order chi connectivity index (χ0) is 15.2. The molecule has 2 aromatic carbocycles. The van der Waals surface area contributed by atoms with Crippen LogP contribution in [0.25, 0.3) is 0 Å². The Kier molecular flexibility index (Phi) is 5.41. The Balaban J connectivity index is 1.98. The Morgan fingerprint density at radius 2 is 1.76 bits per heavy atom. The molecule has 0 aliphatic heterocycles. The molecule has 0 amide bonds. The molecule has 21 heavy (non-hydrogen) atoms. The summed E-state index contributed by atoms with van der Waals surface area (Å²) in [6.07, 6.45) is 1.12. The minimum atomic E-state index is 0.658. The molecule has 0 aliphatic rings. The van der Waals surface area contributed by atoms with E-state index in [1.807, 2.05) is 18.2 Å². The smallest absolute Gasteiger partial charge is 0.0992 e. The quantitative estimate of drug-likeness (QED) is 0.817. The average molecular weight is 343 g/mol. The zero-order valence-corrected chi connectivity index (χ0v) is 13.9. The zero-order valence-electron chi connectivity index (χ0n) is 12.4. The summed E-state index contributed by atoms with van der Waals surface area (Å²) in [5.74, 6) is 0.684. The normalized spacial score (nSPS) is 10.4. The van der Waals surface area contributed by atoms with E-state index in [9.17, 15) is 0 Å². The van der Waals surface area contributed by atoms with Crippen molar-refractivity contribution in [1.29, 1.82) is 5.26 Å². The van der Waals surface area contributed by atoms with Crippen LogP contribution in [0.4, 0.5) is 5.69 Å². The maximum Gasteiger partial charge on any atom is 0.0992 e. The summed E-state index contributed by atoms with van der Waals surface area (Å²) in [6, 6.07) is 16.4. The third-order valence-corrected chi connectivity index (χ3v) is 3.90. The molecule has 0 spiro atoms. The molecular weight excluding hydrogens is 324 g/mol. The molecule has 0 bridgehead atoms. The number of anilines is 1. The molecule has 2 rings (SSSR count). The maximum atomic E-state index is 8.86. The summed E-state index contributed by atoms with van der Waals surface area (Å²) in [5, 5.41) is 12.2. The third kappa shape index (κ3) is 4.61. The molecule has 0 radical (unpaired) electrons. The summed E-state index contributed by atoms with van der Waals surface area (Å²) < 4.78 is 0.915. The fourth-order valence-electron chi connectivity index (χ4n) is 2.19. The Morgan fingerprint density at radius 3 is 2.33 bits per heavy atom. The number of hydrogen-bond donors (Lipinski definition) is 1. The van der Waals surface area contributed by atoms with Crippen LogP contribution in [0.1, 0.15) is 30.5 Å². The van der Waals surface area contributed by atoms with Crippen LogP contribution in [0.5, 0.6) is 0 Å². The highest BCUT2D eigenvalue weighted by atomic mass is 79.9. The molecule has 3 heteroatoms. The van der Waals surface area contributed by atoms with Gasteiger partial charge in [0.2, 0.25) is 0 Å². The molecule has 0 unspecified atom stereocenters. The average Bonchev–Trinajstić information content (AvgIpc) is 2.47. The highest BCUT2D eigenvalue weighted by Gasteiger charge is 2.02. The molecule has 108 valence electrons. The predicted octanol–water partition coefficient (Wildman–Crippen LogP) is 5.13. The second kappa shape index (κ2) is 7.28. The van der Waals surface area contributed by atoms with Gasteiger partial charge in [-0.15, -0.1) is 0 Å². The summed E-state index contributed by atoms with van der Waals surface area (Å²) in [7, 11) is 0. The molecule has 0 aromatic heterocycles. The van der Waals surface area contributed by atoms with Crippen LogP contribution >= 0.6 is 15.9 Å². The van der Waals surface area contributed by atoms with E-state index in [1.54, 1.807) is 0 Å². The fraction of sp³-hybridized carbons (Fsp3) is 0.278. The molecule has 1 N–H and O–H groups in total. The van der Waals surface area contributed by atoms with Gasteiger partial charge in [0, 0.05) is 16.7 Å². The van der Waals surface area contributed by atoms with Gasteiger partial charge in [-0.2, -0.15) is 5.26 Å². The van der Waals surface area contributed by atoms with Gasteiger partial charge >= 0.3 is 0 Å². The van der Waals surface area contributed by atoms with Gasteiger partial charge in [-0.25, -0.2) is 0 Å². The number of hydrogen-bond acceptors (Lipinski definition) is 2. The Labute approximate surface area is 134 Å². The first kappa shape index (κ1) is 15.6. The minimum Gasteiger partial charge on any atom is -0.380 e. The van der Waals surface area contributed by atoms with Crippen molar-refractivity contribution in [1.82, 2.24) is 0 Å². The largest absolute Gasteiger partial charge is 0.380 e. The van der Waals surface area contributed by atoms with Crippen LogP contribution in [-0.4, -0.2) is 0 Å². The standard InChI is InChI=1S/C18H19BrN2/c1-13(2)9-14-3-5-15(6-4-14)12-21-18-8-7-16(11-20)10-17(18)19/h3-8,10,13,21H,9,12H2,1-2H3. The molecule has 0 saturated carbocycles. The van der Waals surface area contributed by atoms with Gasteiger partial charge in [0.25, 0.3) is 0 Å². The van der Waals surface area contributed by atoms with Crippen LogP contribution in [0.15, 0.2) is 46.9 Å². The lowest BCUT2D eigenvalue weighted by Gasteiger charge is -2.10. The first-order valence-corrected chi connectivity index (χ1v) is 7.89. The molecule has 0 heterocycles. The van der Waals surface area contributed by atoms with Gasteiger partial charge in [0.1, 0.15) is 0 Å². The van der Waals surface area contributed by atoms with Crippen molar-refractivity contribution >= 4 is 21.6 Å². The molecule has 0 aliphatic carbocycles. The molecule has 0 fully saturated rings. The van der Waals surface area contributed by atoms with Crippen molar-refractivity contribution < 1.29 is 0 Å².